The lowest BCUT2D eigenvalue weighted by molar-refractivity contribution is -0.118. The molecular formula is C14H18N2O. The van der Waals surface area contributed by atoms with Crippen molar-refractivity contribution in [3.63, 3.8) is 0 Å². The number of rotatable bonds is 4. The normalized spacial score (nSPS) is 12.9. The Morgan fingerprint density at radius 1 is 1.47 bits per heavy atom. The first-order valence-corrected chi connectivity index (χ1v) is 5.86. The molecule has 2 N–H and O–H groups in total. The Hall–Kier alpha value is -1.61. The number of H-pyrrole nitrogens is 1. The molecule has 2 rings (SSSR count). The van der Waals surface area contributed by atoms with Crippen LogP contribution < -0.4 is 5.32 Å². The summed E-state index contributed by atoms with van der Waals surface area (Å²) in [4.78, 5) is 14.7. The minimum absolute atomic E-state index is 0.103. The number of aryl methyl sites for hydroxylation is 1. The average molecular weight is 230 g/mol. The zero-order valence-corrected chi connectivity index (χ0v) is 10.5. The van der Waals surface area contributed by atoms with Crippen molar-refractivity contribution in [3.8, 4) is 0 Å². The second-order valence-electron chi connectivity index (χ2n) is 4.47. The highest BCUT2D eigenvalue weighted by molar-refractivity contribution is 5.88. The van der Waals surface area contributed by atoms with E-state index in [-0.39, 0.29) is 11.8 Å². The van der Waals surface area contributed by atoms with Gasteiger partial charge in [0.05, 0.1) is 6.04 Å². The molecule has 0 fully saturated rings. The standard InChI is InChI=1S/C14H18N2O/c1-9-5-4-6-12-14(9)11(8-16-12)7-13(15-3)10(2)17/h4-6,8,13,15-16H,7H2,1-3H3/t13-/m1/s1. The Morgan fingerprint density at radius 3 is 2.88 bits per heavy atom. The van der Waals surface area contributed by atoms with E-state index in [4.69, 9.17) is 0 Å². The summed E-state index contributed by atoms with van der Waals surface area (Å²) >= 11 is 0. The van der Waals surface area contributed by atoms with Crippen molar-refractivity contribution >= 4 is 16.7 Å². The molecule has 17 heavy (non-hydrogen) atoms. The predicted molar refractivity (Wildman–Crippen MR) is 70.3 cm³/mol. The van der Waals surface area contributed by atoms with Gasteiger partial charge in [-0.25, -0.2) is 0 Å². The van der Waals surface area contributed by atoms with Crippen LogP contribution >= 0.6 is 0 Å². The lowest BCUT2D eigenvalue weighted by Gasteiger charge is -2.12. The van der Waals surface area contributed by atoms with E-state index in [1.54, 1.807) is 6.92 Å². The number of benzene rings is 1. The number of fused-ring (bicyclic) bond motifs is 1. The van der Waals surface area contributed by atoms with Gasteiger partial charge in [0, 0.05) is 17.1 Å². The third-order valence-electron chi connectivity index (χ3n) is 3.26. The van der Waals surface area contributed by atoms with Gasteiger partial charge in [-0.05, 0) is 44.5 Å². The average Bonchev–Trinajstić information content (AvgIpc) is 2.70. The smallest absolute Gasteiger partial charge is 0.147 e. The van der Waals surface area contributed by atoms with Crippen LogP contribution in [0.2, 0.25) is 0 Å². The van der Waals surface area contributed by atoms with Crippen molar-refractivity contribution in [2.24, 2.45) is 0 Å². The lowest BCUT2D eigenvalue weighted by Crippen LogP contribution is -2.34. The molecule has 1 heterocycles. The number of aromatic nitrogens is 1. The SMILES string of the molecule is CN[C@H](Cc1c[nH]c2cccc(C)c12)C(C)=O. The van der Waals surface area contributed by atoms with Crippen molar-refractivity contribution in [2.75, 3.05) is 7.05 Å². The Labute approximate surface area is 101 Å². The maximum atomic E-state index is 11.4. The molecule has 1 aromatic carbocycles. The molecule has 0 saturated heterocycles. The summed E-state index contributed by atoms with van der Waals surface area (Å²) in [6.45, 7) is 3.73. The molecule has 0 amide bonds. The van der Waals surface area contributed by atoms with Crippen LogP contribution in [0.15, 0.2) is 24.4 Å². The lowest BCUT2D eigenvalue weighted by atomic mass is 10.00. The zero-order valence-electron chi connectivity index (χ0n) is 10.5. The molecule has 1 aromatic heterocycles. The fraction of sp³-hybridized carbons (Fsp3) is 0.357. The molecule has 3 nitrogen and oxygen atoms in total. The number of ketones is 1. The topological polar surface area (TPSA) is 44.9 Å². The van der Waals surface area contributed by atoms with E-state index < -0.39 is 0 Å². The predicted octanol–water partition coefficient (Wildman–Crippen LogP) is 2.20. The number of Topliss-reactive ketones (excluding diaryl/α,β-unsaturated/α-hetero) is 1. The van der Waals surface area contributed by atoms with Gasteiger partial charge in [-0.15, -0.1) is 0 Å². The monoisotopic (exact) mass is 230 g/mol. The molecule has 0 unspecified atom stereocenters. The molecule has 0 aliphatic rings. The fourth-order valence-corrected chi connectivity index (χ4v) is 2.28. The van der Waals surface area contributed by atoms with Crippen LogP contribution in [0.5, 0.6) is 0 Å². The summed E-state index contributed by atoms with van der Waals surface area (Å²) in [6, 6.07) is 6.10. The van der Waals surface area contributed by atoms with Crippen LogP contribution in [-0.2, 0) is 11.2 Å². The molecule has 90 valence electrons. The minimum atomic E-state index is -0.103. The molecule has 3 heteroatoms. The summed E-state index contributed by atoms with van der Waals surface area (Å²) in [5.41, 5.74) is 3.59. The first kappa shape index (κ1) is 11.9. The summed E-state index contributed by atoms with van der Waals surface area (Å²) in [7, 11) is 1.83. The van der Waals surface area contributed by atoms with E-state index in [0.717, 1.165) is 11.9 Å². The van der Waals surface area contributed by atoms with Crippen LogP contribution in [0.25, 0.3) is 10.9 Å². The molecule has 0 spiro atoms. The van der Waals surface area contributed by atoms with Crippen LogP contribution in [-0.4, -0.2) is 23.9 Å². The van der Waals surface area contributed by atoms with E-state index in [0.29, 0.717) is 0 Å². The molecule has 0 bridgehead atoms. The number of aromatic amines is 1. The van der Waals surface area contributed by atoms with Gasteiger partial charge in [0.1, 0.15) is 5.78 Å². The number of likely N-dealkylation sites (N-methyl/N-ethyl adjacent to an activating group) is 1. The Kier molecular flexibility index (Phi) is 3.29. The van der Waals surface area contributed by atoms with E-state index in [1.807, 2.05) is 19.3 Å². The molecule has 1 atom stereocenters. The number of hydrogen-bond donors (Lipinski definition) is 2. The van der Waals surface area contributed by atoms with Gasteiger partial charge in [0.15, 0.2) is 0 Å². The van der Waals surface area contributed by atoms with Gasteiger partial charge >= 0.3 is 0 Å². The van der Waals surface area contributed by atoms with E-state index in [2.05, 4.69) is 29.4 Å². The van der Waals surface area contributed by atoms with Gasteiger partial charge in [0.25, 0.3) is 0 Å². The maximum absolute atomic E-state index is 11.4. The largest absolute Gasteiger partial charge is 0.361 e. The van der Waals surface area contributed by atoms with E-state index >= 15 is 0 Å². The van der Waals surface area contributed by atoms with Crippen LogP contribution in [0, 0.1) is 6.92 Å². The van der Waals surface area contributed by atoms with Crippen molar-refractivity contribution in [3.05, 3.63) is 35.5 Å². The van der Waals surface area contributed by atoms with Gasteiger partial charge in [0.2, 0.25) is 0 Å². The second-order valence-corrected chi connectivity index (χ2v) is 4.47. The van der Waals surface area contributed by atoms with Crippen LogP contribution in [0.4, 0.5) is 0 Å². The molecule has 0 aliphatic carbocycles. The Morgan fingerprint density at radius 2 is 2.24 bits per heavy atom. The minimum Gasteiger partial charge on any atom is -0.361 e. The Balaban J connectivity index is 2.39. The molecule has 0 radical (unpaired) electrons. The fourth-order valence-electron chi connectivity index (χ4n) is 2.28. The summed E-state index contributed by atoms with van der Waals surface area (Å²) in [5, 5.41) is 4.30. The Bertz CT molecular complexity index is 542. The van der Waals surface area contributed by atoms with Crippen molar-refractivity contribution < 1.29 is 4.79 Å². The summed E-state index contributed by atoms with van der Waals surface area (Å²) < 4.78 is 0. The summed E-state index contributed by atoms with van der Waals surface area (Å²) in [5.74, 6) is 0.176. The van der Waals surface area contributed by atoms with Gasteiger partial charge < -0.3 is 10.3 Å². The van der Waals surface area contributed by atoms with E-state index in [1.165, 1.54) is 16.5 Å². The number of carbonyl (C=O) groups excluding carboxylic acids is 1. The highest BCUT2D eigenvalue weighted by atomic mass is 16.1. The number of hydrogen-bond acceptors (Lipinski definition) is 2. The molecule has 0 saturated carbocycles. The number of nitrogens with one attached hydrogen (secondary N) is 2. The quantitative estimate of drug-likeness (QED) is 0.845. The molecular weight excluding hydrogens is 212 g/mol. The third-order valence-corrected chi connectivity index (χ3v) is 3.26. The third kappa shape index (κ3) is 2.24. The second kappa shape index (κ2) is 4.72. The van der Waals surface area contributed by atoms with Crippen molar-refractivity contribution in [1.82, 2.24) is 10.3 Å². The van der Waals surface area contributed by atoms with Crippen LogP contribution in [0.1, 0.15) is 18.1 Å². The van der Waals surface area contributed by atoms with Crippen LogP contribution in [0.3, 0.4) is 0 Å². The van der Waals surface area contributed by atoms with Crippen molar-refractivity contribution in [2.45, 2.75) is 26.3 Å². The molecule has 0 aliphatic heterocycles. The zero-order chi connectivity index (χ0) is 12.4. The first-order chi connectivity index (χ1) is 8.13. The van der Waals surface area contributed by atoms with Gasteiger partial charge in [-0.3, -0.25) is 4.79 Å². The highest BCUT2D eigenvalue weighted by Crippen LogP contribution is 2.23. The maximum Gasteiger partial charge on any atom is 0.147 e. The number of carbonyl (C=O) groups is 1. The van der Waals surface area contributed by atoms with Crippen molar-refractivity contribution in [1.29, 1.82) is 0 Å². The van der Waals surface area contributed by atoms with Gasteiger partial charge in [-0.1, -0.05) is 12.1 Å². The molecule has 2 aromatic rings. The highest BCUT2D eigenvalue weighted by Gasteiger charge is 2.15. The van der Waals surface area contributed by atoms with E-state index in [9.17, 15) is 4.79 Å². The summed E-state index contributed by atoms with van der Waals surface area (Å²) in [6.07, 6.45) is 2.74. The first-order valence-electron chi connectivity index (χ1n) is 5.86. The van der Waals surface area contributed by atoms with Gasteiger partial charge in [-0.2, -0.15) is 0 Å².